The number of rotatable bonds is 4. The van der Waals surface area contributed by atoms with Crippen molar-refractivity contribution < 1.29 is 0 Å². The Bertz CT molecular complexity index is 326. The Hall–Kier alpha value is -0.230. The Morgan fingerprint density at radius 1 is 1.62 bits per heavy atom. The zero-order valence-electron chi connectivity index (χ0n) is 10.1. The van der Waals surface area contributed by atoms with Gasteiger partial charge in [0.1, 0.15) is 0 Å². The lowest BCUT2D eigenvalue weighted by Crippen LogP contribution is -2.32. The average molecular weight is 263 g/mol. The van der Waals surface area contributed by atoms with Gasteiger partial charge in [-0.1, -0.05) is 32.4 Å². The van der Waals surface area contributed by atoms with Crippen molar-refractivity contribution in [2.24, 2.45) is 12.9 Å². The molecule has 0 fully saturated rings. The number of hydrogen-bond acceptors (Lipinski definition) is 4. The van der Waals surface area contributed by atoms with E-state index in [-0.39, 0.29) is 10.8 Å². The van der Waals surface area contributed by atoms with Crippen LogP contribution in [0.5, 0.6) is 0 Å². The predicted molar refractivity (Wildman–Crippen MR) is 70.5 cm³/mol. The van der Waals surface area contributed by atoms with Crippen LogP contribution in [0.3, 0.4) is 0 Å². The second kappa shape index (κ2) is 5.40. The molecule has 0 aliphatic carbocycles. The average Bonchev–Trinajstić information content (AvgIpc) is 2.48. The summed E-state index contributed by atoms with van der Waals surface area (Å²) in [4.78, 5) is 0. The van der Waals surface area contributed by atoms with Crippen LogP contribution < -0.4 is 11.3 Å². The summed E-state index contributed by atoms with van der Waals surface area (Å²) in [5.41, 5.74) is 3.72. The van der Waals surface area contributed by atoms with E-state index in [9.17, 15) is 0 Å². The molecule has 0 amide bonds. The molecule has 6 heteroatoms. The third-order valence-corrected chi connectivity index (χ3v) is 3.81. The van der Waals surface area contributed by atoms with Gasteiger partial charge in [0.15, 0.2) is 0 Å². The van der Waals surface area contributed by atoms with E-state index in [2.05, 4.69) is 31.3 Å². The Labute approximate surface area is 106 Å². The molecule has 0 aliphatic heterocycles. The van der Waals surface area contributed by atoms with Gasteiger partial charge >= 0.3 is 0 Å². The van der Waals surface area contributed by atoms with Crippen molar-refractivity contribution in [3.8, 4) is 0 Å². The van der Waals surface area contributed by atoms with Crippen molar-refractivity contribution in [1.29, 1.82) is 0 Å². The van der Waals surface area contributed by atoms with Gasteiger partial charge in [0, 0.05) is 17.5 Å². The van der Waals surface area contributed by atoms with Crippen molar-refractivity contribution in [2.45, 2.75) is 31.6 Å². The maximum Gasteiger partial charge on any atom is 0.0834 e. The fourth-order valence-corrected chi connectivity index (χ4v) is 2.57. The number of halogens is 1. The largest absolute Gasteiger partial charge is 0.271 e. The Morgan fingerprint density at radius 2 is 2.25 bits per heavy atom. The summed E-state index contributed by atoms with van der Waals surface area (Å²) < 4.78 is 1.97. The fraction of sp³-hybridized carbons (Fsp3) is 0.700. The molecule has 92 valence electrons. The topological polar surface area (TPSA) is 55.9 Å². The number of hydrogen-bond donors (Lipinski definition) is 2. The number of thioether (sulfide) groups is 1. The van der Waals surface area contributed by atoms with E-state index in [1.165, 1.54) is 0 Å². The molecule has 4 nitrogen and oxygen atoms in total. The normalized spacial score (nSPS) is 14.1. The third kappa shape index (κ3) is 3.66. The highest BCUT2D eigenvalue weighted by Gasteiger charge is 2.21. The molecule has 1 aromatic rings. The maximum atomic E-state index is 6.08. The van der Waals surface area contributed by atoms with Crippen LogP contribution in [0.1, 0.15) is 32.5 Å². The van der Waals surface area contributed by atoms with Gasteiger partial charge in [0.25, 0.3) is 0 Å². The van der Waals surface area contributed by atoms with Gasteiger partial charge < -0.3 is 0 Å². The minimum absolute atomic E-state index is 0.0178. The molecule has 0 aliphatic rings. The number of aryl methyl sites for hydroxylation is 1. The number of hydrazine groups is 1. The number of nitrogens with one attached hydrogen (secondary N) is 1. The molecule has 0 radical (unpaired) electrons. The minimum atomic E-state index is 0.0178. The first-order chi connectivity index (χ1) is 7.35. The van der Waals surface area contributed by atoms with Gasteiger partial charge in [-0.15, -0.1) is 0 Å². The summed E-state index contributed by atoms with van der Waals surface area (Å²) >= 11 is 7.92. The molecule has 0 aromatic carbocycles. The van der Waals surface area contributed by atoms with Crippen LogP contribution in [0, 0.1) is 0 Å². The van der Waals surface area contributed by atoms with E-state index < -0.39 is 0 Å². The maximum absolute atomic E-state index is 6.08. The third-order valence-electron chi connectivity index (χ3n) is 2.15. The lowest BCUT2D eigenvalue weighted by atomic mass is 10.2. The molecule has 16 heavy (non-hydrogen) atoms. The van der Waals surface area contributed by atoms with Crippen LogP contribution in [0.25, 0.3) is 0 Å². The summed E-state index contributed by atoms with van der Waals surface area (Å²) in [6.07, 6.45) is 1.64. The Balaban J connectivity index is 2.75. The van der Waals surface area contributed by atoms with E-state index >= 15 is 0 Å². The van der Waals surface area contributed by atoms with Gasteiger partial charge in [0.05, 0.1) is 23.0 Å². The highest BCUT2D eigenvalue weighted by atomic mass is 35.5. The number of nitrogens with two attached hydrogens (primary N) is 1. The van der Waals surface area contributed by atoms with Crippen LogP contribution >= 0.6 is 23.4 Å². The van der Waals surface area contributed by atoms with Gasteiger partial charge in [-0.2, -0.15) is 16.9 Å². The molecule has 0 bridgehead atoms. The first-order valence-corrected chi connectivity index (χ1v) is 6.49. The second-order valence-electron chi connectivity index (χ2n) is 4.64. The smallest absolute Gasteiger partial charge is 0.0834 e. The van der Waals surface area contributed by atoms with Crippen LogP contribution in [0.4, 0.5) is 0 Å². The lowest BCUT2D eigenvalue weighted by molar-refractivity contribution is 0.553. The molecule has 1 unspecified atom stereocenters. The molecular weight excluding hydrogens is 244 g/mol. The molecule has 0 saturated heterocycles. The first kappa shape index (κ1) is 13.8. The minimum Gasteiger partial charge on any atom is -0.271 e. The van der Waals surface area contributed by atoms with E-state index in [0.29, 0.717) is 5.02 Å². The summed E-state index contributed by atoms with van der Waals surface area (Å²) in [7, 11) is 1.87. The van der Waals surface area contributed by atoms with Crippen LogP contribution in [-0.4, -0.2) is 20.3 Å². The van der Waals surface area contributed by atoms with Crippen molar-refractivity contribution >= 4 is 23.4 Å². The van der Waals surface area contributed by atoms with Crippen LogP contribution in [0.15, 0.2) is 6.20 Å². The van der Waals surface area contributed by atoms with Gasteiger partial charge in [-0.05, 0) is 0 Å². The second-order valence-corrected chi connectivity index (χ2v) is 6.90. The van der Waals surface area contributed by atoms with Crippen molar-refractivity contribution in [3.63, 3.8) is 0 Å². The highest BCUT2D eigenvalue weighted by Crippen LogP contribution is 2.30. The summed E-state index contributed by atoms with van der Waals surface area (Å²) in [5, 5.41) is 4.76. The highest BCUT2D eigenvalue weighted by molar-refractivity contribution is 8.00. The summed E-state index contributed by atoms with van der Waals surface area (Å²) in [6, 6.07) is 0.0178. The van der Waals surface area contributed by atoms with E-state index in [4.69, 9.17) is 17.4 Å². The predicted octanol–water partition coefficient (Wildman–Crippen LogP) is 2.11. The standard InChI is InChI=1S/C10H19ClN4S/c1-10(2,3)16-6-8(14-12)9-7(11)5-13-15(9)4/h5,8,14H,6,12H2,1-4H3. The zero-order valence-corrected chi connectivity index (χ0v) is 11.7. The first-order valence-electron chi connectivity index (χ1n) is 5.12. The SMILES string of the molecule is Cn1ncc(Cl)c1C(CSC(C)(C)C)NN. The molecule has 1 aromatic heterocycles. The Morgan fingerprint density at radius 3 is 2.62 bits per heavy atom. The van der Waals surface area contributed by atoms with Crippen LogP contribution in [-0.2, 0) is 7.05 Å². The van der Waals surface area contributed by atoms with Gasteiger partial charge in [-0.25, -0.2) is 0 Å². The Kier molecular flexibility index (Phi) is 4.67. The monoisotopic (exact) mass is 262 g/mol. The van der Waals surface area contributed by atoms with E-state index in [1.54, 1.807) is 10.9 Å². The van der Waals surface area contributed by atoms with E-state index in [1.807, 2.05) is 18.8 Å². The molecule has 0 spiro atoms. The van der Waals surface area contributed by atoms with Gasteiger partial charge in [-0.3, -0.25) is 16.0 Å². The summed E-state index contributed by atoms with van der Waals surface area (Å²) in [5.74, 6) is 6.43. The number of aromatic nitrogens is 2. The number of nitrogens with zero attached hydrogens (tertiary/aromatic N) is 2. The van der Waals surface area contributed by atoms with E-state index in [0.717, 1.165) is 11.4 Å². The molecule has 3 N–H and O–H groups in total. The molecule has 0 saturated carbocycles. The summed E-state index contributed by atoms with van der Waals surface area (Å²) in [6.45, 7) is 6.53. The van der Waals surface area contributed by atoms with Crippen molar-refractivity contribution in [3.05, 3.63) is 16.9 Å². The quantitative estimate of drug-likeness (QED) is 0.645. The molecule has 1 heterocycles. The lowest BCUT2D eigenvalue weighted by Gasteiger charge is -2.22. The molecule has 1 rings (SSSR count). The van der Waals surface area contributed by atoms with Crippen molar-refractivity contribution in [1.82, 2.24) is 15.2 Å². The molecular formula is C10H19ClN4S. The van der Waals surface area contributed by atoms with Gasteiger partial charge in [0.2, 0.25) is 0 Å². The van der Waals surface area contributed by atoms with Crippen molar-refractivity contribution in [2.75, 3.05) is 5.75 Å². The van der Waals surface area contributed by atoms with Crippen LogP contribution in [0.2, 0.25) is 5.02 Å². The molecule has 1 atom stereocenters. The zero-order chi connectivity index (χ0) is 12.3. The fourth-order valence-electron chi connectivity index (χ4n) is 1.35.